The van der Waals surface area contributed by atoms with Crippen LogP contribution in [-0.2, 0) is 25.5 Å². The van der Waals surface area contributed by atoms with Crippen molar-refractivity contribution >= 4 is 29.6 Å². The predicted molar refractivity (Wildman–Crippen MR) is 137 cm³/mol. The third-order valence-corrected chi connectivity index (χ3v) is 6.54. The van der Waals surface area contributed by atoms with Gasteiger partial charge < -0.3 is 20.5 Å². The maximum atomic E-state index is 12.7. The van der Waals surface area contributed by atoms with E-state index in [1.807, 2.05) is 66.7 Å². The molecule has 186 valence electrons. The van der Waals surface area contributed by atoms with E-state index >= 15 is 0 Å². The molecule has 0 spiro atoms. The molecule has 36 heavy (non-hydrogen) atoms. The van der Waals surface area contributed by atoms with Gasteiger partial charge in [0.1, 0.15) is 12.6 Å². The number of hydrogen-bond acceptors (Lipinski definition) is 5. The number of rotatable bonds is 10. The standard InChI is InChI=1S/C28H27ClN2O5/c29-24-12-6-1-7-18(24)15-16-35-27(33)25(13-14-26(30)32)31-28(34)36-17-23-21-10-4-2-8-19(21)20-9-3-5-11-22(20)23/h1-12,23,25H,13-17H2,(H2,30,32)(H,31,34)/t25-/m0/s1. The average molecular weight is 507 g/mol. The van der Waals surface area contributed by atoms with Crippen LogP contribution in [-0.4, -0.2) is 37.2 Å². The number of nitrogens with one attached hydrogen (secondary N) is 1. The fraction of sp³-hybridized carbons (Fsp3) is 0.250. The summed E-state index contributed by atoms with van der Waals surface area (Å²) in [6, 6.07) is 22.2. The number of fused-ring (bicyclic) bond motifs is 3. The minimum absolute atomic E-state index is 0.00442. The summed E-state index contributed by atoms with van der Waals surface area (Å²) in [6.45, 7) is 0.173. The quantitative estimate of drug-likeness (QED) is 0.391. The zero-order valence-electron chi connectivity index (χ0n) is 19.6. The molecule has 3 aromatic carbocycles. The van der Waals surface area contributed by atoms with Crippen LogP contribution >= 0.6 is 11.6 Å². The van der Waals surface area contributed by atoms with Crippen molar-refractivity contribution in [3.8, 4) is 11.1 Å². The van der Waals surface area contributed by atoms with Crippen LogP contribution in [0.1, 0.15) is 35.4 Å². The lowest BCUT2D eigenvalue weighted by Gasteiger charge is -2.19. The zero-order chi connectivity index (χ0) is 25.5. The van der Waals surface area contributed by atoms with Crippen LogP contribution in [0.2, 0.25) is 5.02 Å². The van der Waals surface area contributed by atoms with Gasteiger partial charge in [-0.05, 0) is 40.3 Å². The molecular weight excluding hydrogens is 480 g/mol. The van der Waals surface area contributed by atoms with Crippen LogP contribution in [0.25, 0.3) is 11.1 Å². The molecule has 0 saturated carbocycles. The number of primary amides is 1. The van der Waals surface area contributed by atoms with E-state index in [1.54, 1.807) is 6.07 Å². The molecule has 0 radical (unpaired) electrons. The third kappa shape index (κ3) is 6.04. The molecule has 0 aliphatic heterocycles. The van der Waals surface area contributed by atoms with Crippen LogP contribution in [0.4, 0.5) is 4.79 Å². The highest BCUT2D eigenvalue weighted by Crippen LogP contribution is 2.44. The van der Waals surface area contributed by atoms with Crippen molar-refractivity contribution in [1.82, 2.24) is 5.32 Å². The lowest BCUT2D eigenvalue weighted by molar-refractivity contribution is -0.146. The number of ether oxygens (including phenoxy) is 2. The van der Waals surface area contributed by atoms with Gasteiger partial charge in [0.2, 0.25) is 5.91 Å². The van der Waals surface area contributed by atoms with Crippen LogP contribution in [0.3, 0.4) is 0 Å². The second-order valence-electron chi connectivity index (χ2n) is 8.54. The highest BCUT2D eigenvalue weighted by Gasteiger charge is 2.30. The Labute approximate surface area is 214 Å². The van der Waals surface area contributed by atoms with Crippen LogP contribution in [0.5, 0.6) is 0 Å². The Bertz CT molecular complexity index is 1220. The SMILES string of the molecule is NC(=O)CC[C@H](NC(=O)OCC1c2ccccc2-c2ccccc21)C(=O)OCCc1ccccc1Cl. The number of halogens is 1. The first-order valence-electron chi connectivity index (χ1n) is 11.7. The van der Waals surface area contributed by atoms with Gasteiger partial charge in [-0.25, -0.2) is 9.59 Å². The Morgan fingerprint density at radius 3 is 2.14 bits per heavy atom. The number of hydrogen-bond donors (Lipinski definition) is 2. The summed E-state index contributed by atoms with van der Waals surface area (Å²) in [6.07, 6.45) is -0.438. The molecule has 1 aliphatic rings. The highest BCUT2D eigenvalue weighted by atomic mass is 35.5. The van der Waals surface area contributed by atoms with E-state index < -0.39 is 24.0 Å². The van der Waals surface area contributed by atoms with Crippen molar-refractivity contribution in [1.29, 1.82) is 0 Å². The van der Waals surface area contributed by atoms with E-state index in [9.17, 15) is 14.4 Å². The largest absolute Gasteiger partial charge is 0.464 e. The smallest absolute Gasteiger partial charge is 0.407 e. The van der Waals surface area contributed by atoms with Crippen LogP contribution < -0.4 is 11.1 Å². The minimum Gasteiger partial charge on any atom is -0.464 e. The van der Waals surface area contributed by atoms with E-state index in [4.69, 9.17) is 26.8 Å². The molecule has 7 nitrogen and oxygen atoms in total. The number of amides is 2. The molecule has 1 aliphatic carbocycles. The molecule has 4 rings (SSSR count). The van der Waals surface area contributed by atoms with E-state index in [-0.39, 0.29) is 32.0 Å². The van der Waals surface area contributed by atoms with Crippen LogP contribution in [0.15, 0.2) is 72.8 Å². The maximum absolute atomic E-state index is 12.7. The first-order valence-corrected chi connectivity index (χ1v) is 12.1. The molecule has 0 saturated heterocycles. The molecule has 1 atom stereocenters. The molecule has 3 aromatic rings. The molecule has 8 heteroatoms. The average Bonchev–Trinajstić information content (AvgIpc) is 3.20. The predicted octanol–water partition coefficient (Wildman–Crippen LogP) is 4.60. The van der Waals surface area contributed by atoms with Gasteiger partial charge in [0.15, 0.2) is 0 Å². The van der Waals surface area contributed by atoms with Gasteiger partial charge in [0.05, 0.1) is 6.61 Å². The summed E-state index contributed by atoms with van der Waals surface area (Å²) in [5.74, 6) is -1.37. The van der Waals surface area contributed by atoms with Crippen molar-refractivity contribution in [2.24, 2.45) is 5.73 Å². The first kappa shape index (κ1) is 25.3. The second-order valence-corrected chi connectivity index (χ2v) is 8.94. The van der Waals surface area contributed by atoms with Gasteiger partial charge in [-0.15, -0.1) is 0 Å². The Balaban J connectivity index is 1.36. The number of esters is 1. The van der Waals surface area contributed by atoms with Crippen molar-refractivity contribution in [2.45, 2.75) is 31.2 Å². The van der Waals surface area contributed by atoms with Crippen molar-refractivity contribution in [3.05, 3.63) is 94.5 Å². The van der Waals surface area contributed by atoms with Crippen molar-refractivity contribution in [2.75, 3.05) is 13.2 Å². The zero-order valence-corrected chi connectivity index (χ0v) is 20.4. The van der Waals surface area contributed by atoms with Gasteiger partial charge in [0, 0.05) is 23.8 Å². The van der Waals surface area contributed by atoms with Gasteiger partial charge >= 0.3 is 12.1 Å². The fourth-order valence-electron chi connectivity index (χ4n) is 4.38. The topological polar surface area (TPSA) is 108 Å². The minimum atomic E-state index is -1.07. The summed E-state index contributed by atoms with van der Waals surface area (Å²) in [5, 5.41) is 3.11. The molecule has 0 unspecified atom stereocenters. The van der Waals surface area contributed by atoms with Crippen LogP contribution in [0, 0.1) is 0 Å². The lowest BCUT2D eigenvalue weighted by atomic mass is 9.98. The number of carbonyl (C=O) groups excluding carboxylic acids is 3. The van der Waals surface area contributed by atoms with Gasteiger partial charge in [-0.2, -0.15) is 0 Å². The van der Waals surface area contributed by atoms with Crippen molar-refractivity contribution < 1.29 is 23.9 Å². The fourth-order valence-corrected chi connectivity index (χ4v) is 4.61. The normalized spacial score (nSPS) is 12.8. The summed E-state index contributed by atoms with van der Waals surface area (Å²) in [5.41, 5.74) is 10.5. The van der Waals surface area contributed by atoms with Gasteiger partial charge in [-0.3, -0.25) is 4.79 Å². The summed E-state index contributed by atoms with van der Waals surface area (Å²) in [4.78, 5) is 36.6. The summed E-state index contributed by atoms with van der Waals surface area (Å²) >= 11 is 6.14. The summed E-state index contributed by atoms with van der Waals surface area (Å²) < 4.78 is 10.9. The van der Waals surface area contributed by atoms with Gasteiger partial charge in [0.25, 0.3) is 0 Å². The highest BCUT2D eigenvalue weighted by molar-refractivity contribution is 6.31. The molecule has 0 fully saturated rings. The number of nitrogens with two attached hydrogens (primary N) is 1. The van der Waals surface area contributed by atoms with E-state index in [2.05, 4.69) is 5.32 Å². The van der Waals surface area contributed by atoms with Crippen molar-refractivity contribution in [3.63, 3.8) is 0 Å². The number of alkyl carbamates (subject to hydrolysis) is 1. The second kappa shape index (κ2) is 11.7. The molecule has 0 heterocycles. The molecule has 0 aromatic heterocycles. The third-order valence-electron chi connectivity index (χ3n) is 6.17. The molecular formula is C28H27ClN2O5. The number of carbonyl (C=O) groups is 3. The van der Waals surface area contributed by atoms with E-state index in [0.29, 0.717) is 11.4 Å². The first-order chi connectivity index (χ1) is 17.4. The van der Waals surface area contributed by atoms with E-state index in [0.717, 1.165) is 27.8 Å². The maximum Gasteiger partial charge on any atom is 0.407 e. The molecule has 0 bridgehead atoms. The summed E-state index contributed by atoms with van der Waals surface area (Å²) in [7, 11) is 0. The Hall–Kier alpha value is -3.84. The molecule has 2 amide bonds. The van der Waals surface area contributed by atoms with Gasteiger partial charge in [-0.1, -0.05) is 78.3 Å². The molecule has 3 N–H and O–H groups in total. The Morgan fingerprint density at radius 1 is 0.889 bits per heavy atom. The Kier molecular flexibility index (Phi) is 8.23. The van der Waals surface area contributed by atoms with E-state index in [1.165, 1.54) is 0 Å². The lowest BCUT2D eigenvalue weighted by Crippen LogP contribution is -2.43. The monoisotopic (exact) mass is 506 g/mol. The Morgan fingerprint density at radius 2 is 1.50 bits per heavy atom. The number of benzene rings is 3.